The van der Waals surface area contributed by atoms with Crippen LogP contribution in [0.25, 0.3) is 21.7 Å². The van der Waals surface area contributed by atoms with Gasteiger partial charge in [-0.15, -0.1) is 0 Å². The molecule has 5 aromatic rings. The quantitative estimate of drug-likeness (QED) is 0.0240. The lowest BCUT2D eigenvalue weighted by atomic mass is 9.91. The smallest absolute Gasteiger partial charge is 0.246 e. The van der Waals surface area contributed by atoms with Gasteiger partial charge in [0.05, 0.1) is 19.1 Å². The normalized spacial score (nSPS) is 18.0. The van der Waals surface area contributed by atoms with E-state index >= 15 is 28.8 Å². The van der Waals surface area contributed by atoms with Crippen molar-refractivity contribution in [3.63, 3.8) is 0 Å². The van der Waals surface area contributed by atoms with E-state index in [1.54, 1.807) is 79.0 Å². The maximum Gasteiger partial charge on any atom is 0.246 e. The molecule has 40 heteroatoms. The molecule has 12 atom stereocenters. The second-order valence-electron chi connectivity index (χ2n) is 34.0. The molecular formula is C93H138N20O19S. The average molecular weight is 1870 g/mol. The molecule has 1 aliphatic heterocycles. The van der Waals surface area contributed by atoms with Gasteiger partial charge in [-0.2, -0.15) is 11.8 Å². The number of primary amides is 4. The van der Waals surface area contributed by atoms with Crippen molar-refractivity contribution in [2.75, 3.05) is 44.3 Å². The van der Waals surface area contributed by atoms with Gasteiger partial charge in [-0.25, -0.2) is 0 Å². The number of aromatic amines is 1. The second kappa shape index (κ2) is 58.6. The molecule has 0 aliphatic carbocycles. The molecule has 0 saturated carbocycles. The van der Waals surface area contributed by atoms with Crippen LogP contribution in [0.5, 0.6) is 5.75 Å². The van der Waals surface area contributed by atoms with E-state index in [2.05, 4.69) is 81.0 Å². The Balaban J connectivity index is 1.40. The van der Waals surface area contributed by atoms with Crippen molar-refractivity contribution >= 4 is 134 Å². The number of unbranched alkanes of at least 4 members (excludes halogenated alkanes) is 14. The molecule has 2 heterocycles. The molecule has 0 unspecified atom stereocenters. The first-order chi connectivity index (χ1) is 63.6. The molecule has 17 amide bonds. The number of aliphatic hydroxyl groups excluding tert-OH is 1. The lowest BCUT2D eigenvalue weighted by molar-refractivity contribution is -0.138. The molecule has 730 valence electrons. The monoisotopic (exact) mass is 1870 g/mol. The van der Waals surface area contributed by atoms with Gasteiger partial charge in [0.2, 0.25) is 100 Å². The third-order valence-corrected chi connectivity index (χ3v) is 23.8. The van der Waals surface area contributed by atoms with E-state index in [0.29, 0.717) is 59.0 Å². The number of para-hydroxylation sites is 1. The van der Waals surface area contributed by atoms with Crippen molar-refractivity contribution in [1.82, 2.24) is 74.1 Å². The highest BCUT2D eigenvalue weighted by atomic mass is 32.2. The minimum atomic E-state index is -2.01. The summed E-state index contributed by atoms with van der Waals surface area (Å²) < 4.78 is 5.76. The van der Waals surface area contributed by atoms with Gasteiger partial charge >= 0.3 is 0 Å². The Morgan fingerprint density at radius 2 is 1.13 bits per heavy atom. The van der Waals surface area contributed by atoms with Gasteiger partial charge in [-0.05, 0) is 136 Å². The van der Waals surface area contributed by atoms with Gasteiger partial charge in [-0.3, -0.25) is 81.5 Å². The van der Waals surface area contributed by atoms with Crippen LogP contribution in [0.4, 0.5) is 0 Å². The number of fused-ring (bicyclic) bond motifs is 2. The molecule has 0 radical (unpaired) electrons. The van der Waals surface area contributed by atoms with E-state index in [-0.39, 0.29) is 89.3 Å². The van der Waals surface area contributed by atoms with E-state index in [1.807, 2.05) is 18.2 Å². The number of nitrogens with one attached hydrogen (secondary N) is 14. The Labute approximate surface area is 779 Å². The van der Waals surface area contributed by atoms with E-state index in [1.165, 1.54) is 58.3 Å². The Morgan fingerprint density at radius 1 is 0.549 bits per heavy atom. The summed E-state index contributed by atoms with van der Waals surface area (Å²) in [5, 5.41) is 47.4. The van der Waals surface area contributed by atoms with Crippen molar-refractivity contribution in [2.45, 2.75) is 286 Å². The van der Waals surface area contributed by atoms with E-state index in [0.717, 1.165) is 62.1 Å². The van der Waals surface area contributed by atoms with Crippen molar-refractivity contribution < 1.29 is 91.4 Å². The number of carbonyl (C=O) groups is 17. The molecule has 1 aliphatic rings. The molecule has 0 bridgehead atoms. The number of hydrogen-bond acceptors (Lipinski definition) is 22. The van der Waals surface area contributed by atoms with Crippen LogP contribution in [0.3, 0.4) is 0 Å². The Bertz CT molecular complexity index is 4710. The molecule has 1 saturated heterocycles. The molecule has 39 nitrogen and oxygen atoms in total. The summed E-state index contributed by atoms with van der Waals surface area (Å²) in [5.41, 5.74) is 33.8. The SMILES string of the molecule is CCCCCCCCCCCCCCCC(=O)NCCCC[C@H](NC(=O)[C@](C)(CCCCN)NC(=O)[C@H](Cc1ccc2ccccc2c1)NC(=O)[C@H](Cc1ccc(OCCN)cc1)NC(=O)[C@@H]1CSCC[C@H](NC(C)=O)C(=O)N[C@@H](CCC(N)=O)C(=O)N[C@@H]([C@@H](C)O)C(=O)N[C@@H](Cc2c[nH]c3ccccc23)C(=O)N[C@@H](CCC(N)=O)C(=O)N1)C(=O)N[C@@H](CC(N)=O)C(=O)NCC(N)=O. The number of nitrogens with two attached hydrogens (primary N) is 6. The zero-order valence-electron chi connectivity index (χ0n) is 76.7. The summed E-state index contributed by atoms with van der Waals surface area (Å²) in [6.07, 6.45) is 11.5. The second-order valence-corrected chi connectivity index (χ2v) is 35.2. The molecule has 27 N–H and O–H groups in total. The van der Waals surface area contributed by atoms with E-state index < -0.39 is 211 Å². The van der Waals surface area contributed by atoms with Crippen LogP contribution in [0.2, 0.25) is 0 Å². The lowest BCUT2D eigenvalue weighted by Gasteiger charge is -2.34. The largest absolute Gasteiger partial charge is 0.492 e. The molecule has 133 heavy (non-hydrogen) atoms. The zero-order valence-corrected chi connectivity index (χ0v) is 77.5. The minimum absolute atomic E-state index is 0.121. The summed E-state index contributed by atoms with van der Waals surface area (Å²) in [6.45, 7) is 5.75. The standard InChI is InChI=1S/C93H138N20O19S/c1-5-6-7-8-9-10-11-12-13-14-15-16-17-31-80(120)100-46-25-22-30-67(83(122)108-74(53-78(98)118)82(121)102-55-79(99)119)111-92(131)93(4,43-23-24-44-94)113-90(129)72(51-60-32-35-61-26-18-19-27-62(61)49-60)107-87(126)71(50-59-33-36-64(37-34-59)132-47-45-95)106-89(128)75-56-133-48-42-70(103-58(3)115)85(124)104-69(39-41-77(97)117)86(125)112-81(57(2)114)91(130)109-73(52-63-54-101-66-29-21-20-28-65(63)66)88(127)105-68(84(123)110-75)38-40-76(96)116/h18-21,26-29,32-37,49,54,57,67-75,81,101,114H,5-17,22-25,30-31,38-48,50-53,55-56,94-95H2,1-4H3,(H2,96,116)(H2,97,117)(H2,98,118)(H2,99,119)(H,100,120)(H,102,121)(H,103,115)(H,104,124)(H,105,127)(H,106,128)(H,107,126)(H,108,122)(H,109,130)(H,110,123)(H,111,131)(H,112,125)(H,113,129)/t57-,67+,68+,69+,70+,71+,72+,73+,74+,75+,81+,93+/m1/s1. The molecule has 1 fully saturated rings. The molecule has 4 aromatic carbocycles. The van der Waals surface area contributed by atoms with Crippen LogP contribution in [0.15, 0.2) is 97.2 Å². The van der Waals surface area contributed by atoms with Crippen LogP contribution in [-0.4, -0.2) is 227 Å². The first kappa shape index (κ1) is 109. The van der Waals surface area contributed by atoms with Gasteiger partial charge in [-0.1, -0.05) is 157 Å². The highest BCUT2D eigenvalue weighted by Gasteiger charge is 2.42. The van der Waals surface area contributed by atoms with Crippen LogP contribution < -0.4 is 108 Å². The van der Waals surface area contributed by atoms with Crippen LogP contribution in [0, 0.1) is 0 Å². The van der Waals surface area contributed by atoms with E-state index in [4.69, 9.17) is 39.1 Å². The third-order valence-electron chi connectivity index (χ3n) is 22.7. The molecule has 0 spiro atoms. The maximum atomic E-state index is 15.9. The van der Waals surface area contributed by atoms with Crippen LogP contribution in [-0.2, 0) is 101 Å². The number of thioether (sulfide) groups is 1. The predicted molar refractivity (Wildman–Crippen MR) is 502 cm³/mol. The predicted octanol–water partition coefficient (Wildman–Crippen LogP) is 0.852. The lowest BCUT2D eigenvalue weighted by Crippen LogP contribution is -2.64. The Morgan fingerprint density at radius 3 is 1.75 bits per heavy atom. The first-order valence-corrected chi connectivity index (χ1v) is 47.2. The molecule has 6 rings (SSSR count). The number of rotatable bonds is 55. The van der Waals surface area contributed by atoms with Gasteiger partial charge in [0.15, 0.2) is 0 Å². The van der Waals surface area contributed by atoms with Crippen molar-refractivity contribution in [3.8, 4) is 5.75 Å². The van der Waals surface area contributed by atoms with Crippen molar-refractivity contribution in [2.24, 2.45) is 34.4 Å². The summed E-state index contributed by atoms with van der Waals surface area (Å²) in [7, 11) is 0. The summed E-state index contributed by atoms with van der Waals surface area (Å²) in [4.78, 5) is 243. The molecule has 1 aromatic heterocycles. The fourth-order valence-corrected chi connectivity index (χ4v) is 16.3. The summed E-state index contributed by atoms with van der Waals surface area (Å²) in [6, 6.07) is 8.93. The average Bonchev–Trinajstić information content (AvgIpc) is 1.80. The fraction of sp³-hybridized carbons (Fsp3) is 0.559. The number of aliphatic hydroxyl groups is 1. The third kappa shape index (κ3) is 40.0. The van der Waals surface area contributed by atoms with Crippen molar-refractivity contribution in [3.05, 3.63) is 114 Å². The van der Waals surface area contributed by atoms with Gasteiger partial charge < -0.3 is 118 Å². The Kier molecular flexibility index (Phi) is 48.2. The topological polar surface area (TPSA) is 648 Å². The number of amides is 17. The Hall–Kier alpha value is -12.3. The number of benzene rings is 4. The number of H-pyrrole nitrogens is 1. The summed E-state index contributed by atoms with van der Waals surface area (Å²) in [5.74, 6) is -16.4. The zero-order chi connectivity index (χ0) is 97.4. The number of ether oxygens (including phenoxy) is 1. The molecular weight excluding hydrogens is 1730 g/mol. The maximum absolute atomic E-state index is 15.9. The van der Waals surface area contributed by atoms with E-state index in [9.17, 15) is 57.8 Å². The minimum Gasteiger partial charge on any atom is -0.492 e. The van der Waals surface area contributed by atoms with Gasteiger partial charge in [0, 0.05) is 81.4 Å². The number of aromatic nitrogens is 1. The van der Waals surface area contributed by atoms with Crippen molar-refractivity contribution in [1.29, 1.82) is 0 Å². The van der Waals surface area contributed by atoms with Crippen LogP contribution in [0.1, 0.15) is 211 Å². The fourth-order valence-electron chi connectivity index (χ4n) is 15.3. The number of carbonyl (C=O) groups excluding carboxylic acids is 17. The van der Waals surface area contributed by atoms with Gasteiger partial charge in [0.1, 0.15) is 78.3 Å². The summed E-state index contributed by atoms with van der Waals surface area (Å²) >= 11 is 0.935. The van der Waals surface area contributed by atoms with Crippen LogP contribution >= 0.6 is 11.8 Å². The highest BCUT2D eigenvalue weighted by Crippen LogP contribution is 2.25. The van der Waals surface area contributed by atoms with Gasteiger partial charge in [0.25, 0.3) is 0 Å². The number of hydrogen-bond donors (Lipinski definition) is 21. The highest BCUT2D eigenvalue weighted by molar-refractivity contribution is 7.99. The first-order valence-electron chi connectivity index (χ1n) is 46.0.